The van der Waals surface area contributed by atoms with Crippen LogP contribution < -0.4 is 10.6 Å². The van der Waals surface area contributed by atoms with Crippen LogP contribution in [0.3, 0.4) is 0 Å². The zero-order valence-electron chi connectivity index (χ0n) is 23.4. The Morgan fingerprint density at radius 1 is 1.08 bits per heavy atom. The van der Waals surface area contributed by atoms with E-state index in [0.29, 0.717) is 18.0 Å². The first-order chi connectivity index (χ1) is 18.7. The van der Waals surface area contributed by atoms with E-state index in [0.717, 1.165) is 66.5 Å². The molecule has 3 heterocycles. The van der Waals surface area contributed by atoms with Crippen LogP contribution in [0, 0.1) is 13.8 Å². The molecule has 8 nitrogen and oxygen atoms in total. The fourth-order valence-corrected chi connectivity index (χ4v) is 7.51. The Labute approximate surface area is 231 Å². The van der Waals surface area contributed by atoms with Gasteiger partial charge >= 0.3 is 0 Å². The van der Waals surface area contributed by atoms with E-state index in [1.165, 1.54) is 5.56 Å². The quantitative estimate of drug-likeness (QED) is 0.442. The predicted octanol–water partition coefficient (Wildman–Crippen LogP) is 4.72. The summed E-state index contributed by atoms with van der Waals surface area (Å²) < 4.78 is 35.7. The van der Waals surface area contributed by atoms with Crippen LogP contribution in [0.25, 0.3) is 10.9 Å². The highest BCUT2D eigenvalue weighted by molar-refractivity contribution is 7.89. The average molecular weight is 553 g/mol. The van der Waals surface area contributed by atoms with Gasteiger partial charge in [-0.2, -0.15) is 4.31 Å². The molecule has 3 aromatic rings. The van der Waals surface area contributed by atoms with Crippen molar-refractivity contribution < 1.29 is 17.9 Å². The van der Waals surface area contributed by atoms with Gasteiger partial charge in [0.2, 0.25) is 15.9 Å². The van der Waals surface area contributed by atoms with Gasteiger partial charge in [-0.15, -0.1) is 0 Å². The molecule has 2 saturated heterocycles. The van der Waals surface area contributed by atoms with Gasteiger partial charge in [-0.05, 0) is 87.5 Å². The molecule has 2 aliphatic heterocycles. The molecule has 0 radical (unpaired) electrons. The van der Waals surface area contributed by atoms with Crippen molar-refractivity contribution in [3.8, 4) is 0 Å². The number of ether oxygens (including phenoxy) is 1. The van der Waals surface area contributed by atoms with Gasteiger partial charge in [0, 0.05) is 55.4 Å². The second kappa shape index (κ2) is 11.4. The number of carbonyl (C=O) groups excluding carboxylic acids is 1. The largest absolute Gasteiger partial charge is 0.379 e. The van der Waals surface area contributed by atoms with Crippen molar-refractivity contribution in [1.82, 2.24) is 14.2 Å². The molecule has 39 heavy (non-hydrogen) atoms. The van der Waals surface area contributed by atoms with E-state index in [9.17, 15) is 13.2 Å². The Hall–Kier alpha value is -2.72. The number of anilines is 1. The van der Waals surface area contributed by atoms with Crippen LogP contribution in [0.5, 0.6) is 0 Å². The Bertz CT molecular complexity index is 1460. The van der Waals surface area contributed by atoms with E-state index >= 15 is 0 Å². The fraction of sp³-hybridized carbons (Fsp3) is 0.500. The second-order valence-corrected chi connectivity index (χ2v) is 12.9. The SMILES string of the molecule is COC1CNCCC1c1ccc(C)c(NC(=O)C(C)n2cc(C)c3cc(S(=O)(=O)N4CCCCC4)ccc32)c1. The van der Waals surface area contributed by atoms with Gasteiger partial charge in [-0.25, -0.2) is 8.42 Å². The number of amides is 1. The molecule has 0 aliphatic carbocycles. The van der Waals surface area contributed by atoms with E-state index in [1.54, 1.807) is 23.5 Å². The van der Waals surface area contributed by atoms with Crippen LogP contribution >= 0.6 is 0 Å². The van der Waals surface area contributed by atoms with Crippen molar-refractivity contribution >= 4 is 32.5 Å². The number of methoxy groups -OCH3 is 1. The van der Waals surface area contributed by atoms with Crippen molar-refractivity contribution in [2.75, 3.05) is 38.6 Å². The third-order valence-corrected chi connectivity index (χ3v) is 10.3. The van der Waals surface area contributed by atoms with Crippen molar-refractivity contribution in [3.05, 3.63) is 59.3 Å². The number of nitrogens with zero attached hydrogens (tertiary/aromatic N) is 2. The molecular weight excluding hydrogens is 512 g/mol. The lowest BCUT2D eigenvalue weighted by Gasteiger charge is -2.32. The third kappa shape index (κ3) is 5.50. The molecule has 2 aromatic carbocycles. The number of benzene rings is 2. The maximum absolute atomic E-state index is 13.5. The van der Waals surface area contributed by atoms with Crippen molar-refractivity contribution in [3.63, 3.8) is 0 Å². The van der Waals surface area contributed by atoms with E-state index in [2.05, 4.69) is 28.8 Å². The topological polar surface area (TPSA) is 92.7 Å². The van der Waals surface area contributed by atoms with Gasteiger partial charge in [0.25, 0.3) is 0 Å². The van der Waals surface area contributed by atoms with Crippen LogP contribution in [0.4, 0.5) is 5.69 Å². The first-order valence-corrected chi connectivity index (χ1v) is 15.4. The predicted molar refractivity (Wildman–Crippen MR) is 155 cm³/mol. The molecule has 3 unspecified atom stereocenters. The monoisotopic (exact) mass is 552 g/mol. The summed E-state index contributed by atoms with van der Waals surface area (Å²) in [5.41, 5.74) is 4.76. The van der Waals surface area contributed by atoms with Gasteiger partial charge in [0.15, 0.2) is 0 Å². The minimum Gasteiger partial charge on any atom is -0.379 e. The second-order valence-electron chi connectivity index (χ2n) is 11.0. The Morgan fingerprint density at radius 2 is 1.85 bits per heavy atom. The molecule has 0 bridgehead atoms. The minimum absolute atomic E-state index is 0.0989. The van der Waals surface area contributed by atoms with Gasteiger partial charge in [-0.3, -0.25) is 4.79 Å². The van der Waals surface area contributed by atoms with Crippen LogP contribution in [0.15, 0.2) is 47.5 Å². The number of nitrogens with one attached hydrogen (secondary N) is 2. The number of piperidine rings is 2. The average Bonchev–Trinajstić information content (AvgIpc) is 3.29. The highest BCUT2D eigenvalue weighted by Crippen LogP contribution is 2.32. The summed E-state index contributed by atoms with van der Waals surface area (Å²) >= 11 is 0. The first kappa shape index (κ1) is 27.8. The summed E-state index contributed by atoms with van der Waals surface area (Å²) in [6, 6.07) is 11.0. The minimum atomic E-state index is -3.53. The zero-order valence-corrected chi connectivity index (χ0v) is 24.2. The molecule has 0 saturated carbocycles. The number of hydrogen-bond acceptors (Lipinski definition) is 5. The van der Waals surface area contributed by atoms with Crippen LogP contribution in [-0.2, 0) is 19.6 Å². The van der Waals surface area contributed by atoms with Crippen LogP contribution in [-0.4, -0.2) is 62.6 Å². The molecule has 210 valence electrons. The van der Waals surface area contributed by atoms with Gasteiger partial charge < -0.3 is 19.9 Å². The van der Waals surface area contributed by atoms with Crippen molar-refractivity contribution in [1.29, 1.82) is 0 Å². The molecule has 1 amide bonds. The fourth-order valence-electron chi connectivity index (χ4n) is 5.97. The lowest BCUT2D eigenvalue weighted by Crippen LogP contribution is -2.40. The maximum Gasteiger partial charge on any atom is 0.247 e. The molecule has 2 fully saturated rings. The first-order valence-electron chi connectivity index (χ1n) is 14.0. The number of fused-ring (bicyclic) bond motifs is 1. The summed E-state index contributed by atoms with van der Waals surface area (Å²) in [7, 11) is -1.78. The Morgan fingerprint density at radius 3 is 2.59 bits per heavy atom. The number of carbonyl (C=O) groups is 1. The van der Waals surface area contributed by atoms with Gasteiger partial charge in [0.05, 0.1) is 11.0 Å². The molecule has 9 heteroatoms. The van der Waals surface area contributed by atoms with Gasteiger partial charge in [-0.1, -0.05) is 18.6 Å². The Balaban J connectivity index is 1.38. The van der Waals surface area contributed by atoms with Crippen molar-refractivity contribution in [2.24, 2.45) is 0 Å². The highest BCUT2D eigenvalue weighted by atomic mass is 32.2. The molecular formula is C30H40N4O4S. The number of sulfonamides is 1. The molecule has 2 N–H and O–H groups in total. The summed E-state index contributed by atoms with van der Waals surface area (Å²) in [5.74, 6) is 0.155. The Kier molecular flexibility index (Phi) is 8.14. The number of rotatable bonds is 7. The molecule has 1 aromatic heterocycles. The molecule has 5 rings (SSSR count). The molecule has 3 atom stereocenters. The summed E-state index contributed by atoms with van der Waals surface area (Å²) in [4.78, 5) is 13.8. The van der Waals surface area contributed by atoms with Crippen LogP contribution in [0.1, 0.15) is 61.3 Å². The lowest BCUT2D eigenvalue weighted by molar-refractivity contribution is -0.118. The van der Waals surface area contributed by atoms with E-state index in [1.807, 2.05) is 37.6 Å². The normalized spacial score (nSPS) is 21.6. The van der Waals surface area contributed by atoms with E-state index < -0.39 is 16.1 Å². The highest BCUT2D eigenvalue weighted by Gasteiger charge is 2.28. The molecule has 2 aliphatic rings. The standard InChI is InChI=1S/C30H40N4O4S/c1-20-8-9-23(25-12-13-31-18-29(25)38-4)16-27(20)32-30(35)22(3)34-19-21(2)26-17-24(10-11-28(26)34)39(36,37)33-14-6-5-7-15-33/h8-11,16-17,19,22,25,29,31H,5-7,12-15,18H2,1-4H3,(H,32,35). The number of hydrogen-bond donors (Lipinski definition) is 2. The van der Waals surface area contributed by atoms with E-state index in [-0.39, 0.29) is 17.9 Å². The summed E-state index contributed by atoms with van der Waals surface area (Å²) in [6.45, 7) is 8.73. The zero-order chi connectivity index (χ0) is 27.7. The maximum atomic E-state index is 13.5. The summed E-state index contributed by atoms with van der Waals surface area (Å²) in [6.07, 6.45) is 5.89. The third-order valence-electron chi connectivity index (χ3n) is 8.43. The number of aromatic nitrogens is 1. The van der Waals surface area contributed by atoms with Crippen LogP contribution in [0.2, 0.25) is 0 Å². The smallest absolute Gasteiger partial charge is 0.247 e. The van der Waals surface area contributed by atoms with E-state index in [4.69, 9.17) is 4.74 Å². The lowest BCUT2D eigenvalue weighted by atomic mass is 9.87. The molecule has 0 spiro atoms. The number of aryl methyl sites for hydroxylation is 2. The van der Waals surface area contributed by atoms with Gasteiger partial charge in [0.1, 0.15) is 6.04 Å². The summed E-state index contributed by atoms with van der Waals surface area (Å²) in [5, 5.41) is 7.39. The van der Waals surface area contributed by atoms with Crippen molar-refractivity contribution in [2.45, 2.75) is 69.4 Å².